The van der Waals surface area contributed by atoms with Crippen molar-refractivity contribution in [3.63, 3.8) is 0 Å². The molecule has 0 radical (unpaired) electrons. The number of halogens is 5. The van der Waals surface area contributed by atoms with Gasteiger partial charge in [-0.05, 0) is 74.1 Å². The Kier molecular flexibility index (Phi) is 5.26. The van der Waals surface area contributed by atoms with Crippen LogP contribution >= 0.6 is 0 Å². The van der Waals surface area contributed by atoms with Gasteiger partial charge >= 0.3 is 11.9 Å². The number of alkyl halides is 3. The summed E-state index contributed by atoms with van der Waals surface area (Å²) in [7, 11) is 0. The summed E-state index contributed by atoms with van der Waals surface area (Å²) in [5, 5.41) is 0. The first kappa shape index (κ1) is 23.7. The summed E-state index contributed by atoms with van der Waals surface area (Å²) in [4.78, 5) is 18.9. The van der Waals surface area contributed by atoms with Crippen molar-refractivity contribution in [2.75, 3.05) is 4.90 Å². The Hall–Kier alpha value is -3.63. The lowest BCUT2D eigenvalue weighted by molar-refractivity contribution is -0.138. The molecule has 0 atom stereocenters. The second-order valence-electron chi connectivity index (χ2n) is 9.90. The average molecular weight is 519 g/mol. The van der Waals surface area contributed by atoms with E-state index in [2.05, 4.69) is 9.88 Å². The van der Waals surface area contributed by atoms with Gasteiger partial charge in [-0.3, -0.25) is 4.57 Å². The third-order valence-corrected chi connectivity index (χ3v) is 7.60. The van der Waals surface area contributed by atoms with Gasteiger partial charge in [-0.25, -0.2) is 13.6 Å². The number of hydrogen-bond acceptors (Lipinski definition) is 5. The molecule has 11 heteroatoms. The lowest BCUT2D eigenvalue weighted by Crippen LogP contribution is -2.38. The van der Waals surface area contributed by atoms with Crippen LogP contribution in [0, 0.1) is 18.6 Å². The Morgan fingerprint density at radius 3 is 2.43 bits per heavy atom. The molecule has 1 aromatic heterocycles. The van der Waals surface area contributed by atoms with E-state index < -0.39 is 34.8 Å². The van der Waals surface area contributed by atoms with Crippen LogP contribution in [0.1, 0.15) is 42.4 Å². The van der Waals surface area contributed by atoms with E-state index in [0.717, 1.165) is 61.8 Å². The van der Waals surface area contributed by atoms with Crippen LogP contribution in [0.4, 0.5) is 27.8 Å². The van der Waals surface area contributed by atoms with Gasteiger partial charge in [0.2, 0.25) is 5.88 Å². The zero-order valence-corrected chi connectivity index (χ0v) is 19.7. The van der Waals surface area contributed by atoms with Crippen molar-refractivity contribution in [3.05, 3.63) is 75.2 Å². The first-order chi connectivity index (χ1) is 17.5. The number of aromatic nitrogens is 2. The molecule has 3 aromatic rings. The van der Waals surface area contributed by atoms with Crippen molar-refractivity contribution >= 4 is 5.82 Å². The SMILES string of the molecule is Cc1cc(Oc2c(F)cc(COc3cc4n(c(=O)n3)CC35CCC(CC3)N45)cc2F)ccc1C(F)(F)F. The minimum absolute atomic E-state index is 0.0230. The molecule has 0 aliphatic carbocycles. The number of ether oxygens (including phenoxy) is 2. The smallest absolute Gasteiger partial charge is 0.416 e. The van der Waals surface area contributed by atoms with Gasteiger partial charge in [0.05, 0.1) is 17.6 Å². The van der Waals surface area contributed by atoms with Gasteiger partial charge in [-0.1, -0.05) is 0 Å². The van der Waals surface area contributed by atoms with Crippen molar-refractivity contribution in [1.29, 1.82) is 0 Å². The Balaban J connectivity index is 1.19. The minimum atomic E-state index is -4.55. The maximum Gasteiger partial charge on any atom is 0.416 e. The summed E-state index contributed by atoms with van der Waals surface area (Å²) in [6, 6.07) is 6.96. The average Bonchev–Trinajstić information content (AvgIpc) is 3.45. The molecule has 2 saturated heterocycles. The fourth-order valence-corrected chi connectivity index (χ4v) is 5.97. The number of nitrogens with zero attached hydrogens (tertiary/aromatic N) is 3. The van der Waals surface area contributed by atoms with Crippen LogP contribution in [0.3, 0.4) is 0 Å². The molecule has 2 bridgehead atoms. The Labute approximate surface area is 208 Å². The number of aryl methyl sites for hydroxylation is 1. The molecule has 6 nitrogen and oxygen atoms in total. The molecule has 0 saturated carbocycles. The van der Waals surface area contributed by atoms with Gasteiger partial charge in [0.25, 0.3) is 0 Å². The van der Waals surface area contributed by atoms with Crippen molar-refractivity contribution in [1.82, 2.24) is 9.55 Å². The van der Waals surface area contributed by atoms with Crippen LogP contribution in [-0.4, -0.2) is 21.1 Å². The van der Waals surface area contributed by atoms with E-state index >= 15 is 0 Å². The lowest BCUT2D eigenvalue weighted by atomic mass is 9.88. The van der Waals surface area contributed by atoms with E-state index in [-0.39, 0.29) is 34.9 Å². The first-order valence-corrected chi connectivity index (χ1v) is 11.9. The molecule has 0 unspecified atom stereocenters. The Bertz CT molecular complexity index is 1440. The van der Waals surface area contributed by atoms with Crippen LogP contribution in [0.15, 0.2) is 41.2 Å². The quantitative estimate of drug-likeness (QED) is 0.403. The van der Waals surface area contributed by atoms with Gasteiger partial charge in [0.1, 0.15) is 18.2 Å². The van der Waals surface area contributed by atoms with E-state index in [1.165, 1.54) is 6.92 Å². The lowest BCUT2D eigenvalue weighted by Gasteiger charge is -2.27. The van der Waals surface area contributed by atoms with E-state index in [1.807, 2.05) is 0 Å². The van der Waals surface area contributed by atoms with Crippen LogP contribution in [0.2, 0.25) is 0 Å². The van der Waals surface area contributed by atoms with E-state index in [9.17, 15) is 26.7 Å². The van der Waals surface area contributed by atoms with E-state index in [4.69, 9.17) is 9.47 Å². The van der Waals surface area contributed by atoms with Gasteiger partial charge in [-0.15, -0.1) is 0 Å². The molecule has 194 valence electrons. The van der Waals surface area contributed by atoms with Crippen molar-refractivity contribution in [3.8, 4) is 17.4 Å². The zero-order valence-electron chi connectivity index (χ0n) is 19.7. The second-order valence-corrected chi connectivity index (χ2v) is 9.90. The van der Waals surface area contributed by atoms with E-state index in [1.54, 1.807) is 10.6 Å². The van der Waals surface area contributed by atoms with Gasteiger partial charge in [0.15, 0.2) is 17.4 Å². The standard InChI is InChI=1S/C26H22F5N3O3/c1-14-8-17(2-3-18(14)26(29,30)31)37-23-19(27)9-15(10-20(23)28)12-36-21-11-22-33(24(35)32-21)13-25-6-4-16(5-7-25)34(22)25/h2-3,8-11,16H,4-7,12-13H2,1H3. The highest BCUT2D eigenvalue weighted by Crippen LogP contribution is 2.53. The summed E-state index contributed by atoms with van der Waals surface area (Å²) in [5.74, 6) is -2.14. The fraction of sp³-hybridized carbons (Fsp3) is 0.385. The molecule has 3 aliphatic heterocycles. The molecular weight excluding hydrogens is 497 g/mol. The molecule has 0 N–H and O–H groups in total. The Morgan fingerprint density at radius 2 is 1.78 bits per heavy atom. The van der Waals surface area contributed by atoms with Crippen LogP contribution in [-0.2, 0) is 19.3 Å². The normalized spacial score (nSPS) is 21.8. The highest BCUT2D eigenvalue weighted by atomic mass is 19.4. The van der Waals surface area contributed by atoms with Crippen LogP contribution in [0.25, 0.3) is 0 Å². The summed E-state index contributed by atoms with van der Waals surface area (Å²) in [6.07, 6.45) is -0.297. The number of fused-ring (bicyclic) bond motifs is 1. The second kappa shape index (κ2) is 8.19. The maximum atomic E-state index is 14.7. The zero-order chi connectivity index (χ0) is 26.1. The first-order valence-electron chi connectivity index (χ1n) is 11.9. The number of anilines is 1. The predicted molar refractivity (Wildman–Crippen MR) is 123 cm³/mol. The fourth-order valence-electron chi connectivity index (χ4n) is 5.97. The Morgan fingerprint density at radius 1 is 1.08 bits per heavy atom. The van der Waals surface area contributed by atoms with Crippen LogP contribution in [0.5, 0.6) is 17.4 Å². The molecule has 3 aliphatic rings. The topological polar surface area (TPSA) is 56.6 Å². The minimum Gasteiger partial charge on any atom is -0.473 e. The molecule has 2 aromatic carbocycles. The third-order valence-electron chi connectivity index (χ3n) is 7.60. The van der Waals surface area contributed by atoms with Gasteiger partial charge in [0, 0.05) is 12.1 Å². The monoisotopic (exact) mass is 519 g/mol. The van der Waals surface area contributed by atoms with Crippen LogP contribution < -0.4 is 20.1 Å². The van der Waals surface area contributed by atoms with Crippen molar-refractivity contribution in [2.45, 2.75) is 63.5 Å². The molecule has 0 amide bonds. The van der Waals surface area contributed by atoms with Gasteiger partial charge < -0.3 is 14.4 Å². The summed E-state index contributed by atoms with van der Waals surface area (Å²) in [5.41, 5.74) is -1.31. The number of benzene rings is 2. The molecule has 37 heavy (non-hydrogen) atoms. The molecule has 6 rings (SSSR count). The van der Waals surface area contributed by atoms with Crippen molar-refractivity contribution in [2.24, 2.45) is 0 Å². The highest BCUT2D eigenvalue weighted by molar-refractivity contribution is 5.54. The number of rotatable bonds is 5. The molecule has 0 spiro atoms. The summed E-state index contributed by atoms with van der Waals surface area (Å²) >= 11 is 0. The summed E-state index contributed by atoms with van der Waals surface area (Å²) in [6.45, 7) is 1.59. The molecule has 2 fully saturated rings. The predicted octanol–water partition coefficient (Wildman–Crippen LogP) is 5.74. The largest absolute Gasteiger partial charge is 0.473 e. The summed E-state index contributed by atoms with van der Waals surface area (Å²) < 4.78 is 80.8. The third kappa shape index (κ3) is 3.91. The van der Waals surface area contributed by atoms with Crippen molar-refractivity contribution < 1.29 is 31.4 Å². The van der Waals surface area contributed by atoms with Gasteiger partial charge in [-0.2, -0.15) is 18.2 Å². The molecule has 4 heterocycles. The van der Waals surface area contributed by atoms with E-state index in [0.29, 0.717) is 12.6 Å². The highest BCUT2D eigenvalue weighted by Gasteiger charge is 2.56. The molecular formula is C26H22F5N3O3. The maximum absolute atomic E-state index is 14.7. The number of hydrogen-bond donors (Lipinski definition) is 0.